The summed E-state index contributed by atoms with van der Waals surface area (Å²) in [7, 11) is 0. The molecule has 0 aliphatic heterocycles. The highest BCUT2D eigenvalue weighted by Crippen LogP contribution is 2.32. The lowest BCUT2D eigenvalue weighted by Gasteiger charge is -2.19. The smallest absolute Gasteiger partial charge is 0.366 e. The predicted octanol–water partition coefficient (Wildman–Crippen LogP) is 3.57. The van der Waals surface area contributed by atoms with Crippen molar-refractivity contribution in [3.63, 3.8) is 0 Å². The molecule has 0 aromatic carbocycles. The number of hydrogen-bond acceptors (Lipinski definition) is 3. The highest BCUT2D eigenvalue weighted by molar-refractivity contribution is 5.53. The normalized spacial score (nSPS) is 23.1. The van der Waals surface area contributed by atoms with Gasteiger partial charge in [0.25, 0.3) is 0 Å². The van der Waals surface area contributed by atoms with Gasteiger partial charge in [-0.15, -0.1) is 0 Å². The molecule has 1 aromatic heterocycles. The highest BCUT2D eigenvalue weighted by Gasteiger charge is 2.33. The van der Waals surface area contributed by atoms with Gasteiger partial charge in [0.1, 0.15) is 17.6 Å². The van der Waals surface area contributed by atoms with E-state index in [9.17, 15) is 13.2 Å². The van der Waals surface area contributed by atoms with Gasteiger partial charge < -0.3 is 5.32 Å². The zero-order valence-electron chi connectivity index (χ0n) is 10.5. The van der Waals surface area contributed by atoms with Gasteiger partial charge in [0.15, 0.2) is 0 Å². The maximum atomic E-state index is 12.6. The monoisotopic (exact) mass is 269 g/mol. The van der Waals surface area contributed by atoms with Gasteiger partial charge in [-0.25, -0.2) is 4.98 Å². The summed E-state index contributed by atoms with van der Waals surface area (Å²) in [6, 6.07) is 3.96. The molecule has 1 saturated carbocycles. The predicted molar refractivity (Wildman–Crippen MR) is 64.4 cm³/mol. The van der Waals surface area contributed by atoms with Crippen LogP contribution >= 0.6 is 0 Å². The van der Waals surface area contributed by atoms with E-state index in [4.69, 9.17) is 5.26 Å². The second-order valence-electron chi connectivity index (χ2n) is 4.86. The second-order valence-corrected chi connectivity index (χ2v) is 4.86. The van der Waals surface area contributed by atoms with Crippen LogP contribution in [0.2, 0.25) is 0 Å². The fraction of sp³-hybridized carbons (Fsp3) is 0.538. The minimum Gasteiger partial charge on any atom is -0.366 e. The van der Waals surface area contributed by atoms with E-state index in [2.05, 4.69) is 10.3 Å². The first kappa shape index (κ1) is 13.7. The molecule has 3 nitrogen and oxygen atoms in total. The first-order valence-electron chi connectivity index (χ1n) is 6.16. The van der Waals surface area contributed by atoms with Gasteiger partial charge in [-0.3, -0.25) is 0 Å². The van der Waals surface area contributed by atoms with Gasteiger partial charge in [0, 0.05) is 6.04 Å². The van der Waals surface area contributed by atoms with Gasteiger partial charge in [-0.1, -0.05) is 13.3 Å². The van der Waals surface area contributed by atoms with Crippen LogP contribution < -0.4 is 5.32 Å². The van der Waals surface area contributed by atoms with E-state index < -0.39 is 11.9 Å². The van der Waals surface area contributed by atoms with Crippen molar-refractivity contribution in [3.8, 4) is 6.07 Å². The lowest BCUT2D eigenvalue weighted by atomic mass is 10.1. The van der Waals surface area contributed by atoms with Crippen LogP contribution in [-0.4, -0.2) is 11.0 Å². The highest BCUT2D eigenvalue weighted by atomic mass is 19.4. The Labute approximate surface area is 109 Å². The number of halogens is 3. The molecule has 0 radical (unpaired) electrons. The maximum absolute atomic E-state index is 12.6. The summed E-state index contributed by atoms with van der Waals surface area (Å²) in [6.07, 6.45) is -1.52. The molecule has 2 rings (SSSR count). The van der Waals surface area contributed by atoms with E-state index in [1.807, 2.05) is 13.0 Å². The van der Waals surface area contributed by atoms with Crippen molar-refractivity contribution in [2.24, 2.45) is 5.92 Å². The van der Waals surface area contributed by atoms with Crippen LogP contribution in [-0.2, 0) is 6.18 Å². The Balaban J connectivity index is 2.29. The van der Waals surface area contributed by atoms with Crippen LogP contribution in [0, 0.1) is 17.2 Å². The summed E-state index contributed by atoms with van der Waals surface area (Å²) >= 11 is 0. The lowest BCUT2D eigenvalue weighted by Crippen LogP contribution is -2.24. The summed E-state index contributed by atoms with van der Waals surface area (Å²) in [5, 5.41) is 11.9. The van der Waals surface area contributed by atoms with Crippen molar-refractivity contribution < 1.29 is 13.2 Å². The van der Waals surface area contributed by atoms with Gasteiger partial charge >= 0.3 is 6.18 Å². The standard InChI is InChI=1S/C13H14F3N3/c1-8-3-2-4-10(8)18-12-9(7-17)5-6-11(19-12)13(14,15)16/h5-6,8,10H,2-4H2,1H3,(H,18,19). The van der Waals surface area contributed by atoms with E-state index in [0.29, 0.717) is 5.92 Å². The Kier molecular flexibility index (Phi) is 3.65. The first-order chi connectivity index (χ1) is 8.91. The summed E-state index contributed by atoms with van der Waals surface area (Å²) in [4.78, 5) is 3.55. The summed E-state index contributed by atoms with van der Waals surface area (Å²) in [5.74, 6) is 0.416. The molecule has 0 saturated heterocycles. The molecule has 1 N–H and O–H groups in total. The zero-order valence-corrected chi connectivity index (χ0v) is 10.5. The summed E-state index contributed by atoms with van der Waals surface area (Å²) in [5.41, 5.74) is -0.827. The molecule has 1 aliphatic carbocycles. The number of pyridine rings is 1. The van der Waals surface area contributed by atoms with Crippen molar-refractivity contribution in [1.82, 2.24) is 4.98 Å². The molecule has 1 heterocycles. The molecule has 2 atom stereocenters. The Morgan fingerprint density at radius 3 is 2.63 bits per heavy atom. The zero-order chi connectivity index (χ0) is 14.0. The molecule has 19 heavy (non-hydrogen) atoms. The Hall–Kier alpha value is -1.77. The Morgan fingerprint density at radius 2 is 2.11 bits per heavy atom. The third-order valence-corrected chi connectivity index (χ3v) is 3.49. The average Bonchev–Trinajstić information content (AvgIpc) is 2.74. The third-order valence-electron chi connectivity index (χ3n) is 3.49. The SMILES string of the molecule is CC1CCCC1Nc1nc(C(F)(F)F)ccc1C#N. The van der Waals surface area contributed by atoms with Gasteiger partial charge in [-0.05, 0) is 30.9 Å². The van der Waals surface area contributed by atoms with Crippen LogP contribution in [0.25, 0.3) is 0 Å². The van der Waals surface area contributed by atoms with E-state index in [0.717, 1.165) is 31.4 Å². The number of nitriles is 1. The molecular formula is C13H14F3N3. The van der Waals surface area contributed by atoms with Gasteiger partial charge in [0.05, 0.1) is 5.56 Å². The maximum Gasteiger partial charge on any atom is 0.433 e. The van der Waals surface area contributed by atoms with E-state index in [1.54, 1.807) is 0 Å². The largest absolute Gasteiger partial charge is 0.433 e. The van der Waals surface area contributed by atoms with Gasteiger partial charge in [0.2, 0.25) is 0 Å². The van der Waals surface area contributed by atoms with Crippen molar-refractivity contribution in [1.29, 1.82) is 5.26 Å². The van der Waals surface area contributed by atoms with Crippen LogP contribution in [0.1, 0.15) is 37.4 Å². The lowest BCUT2D eigenvalue weighted by molar-refractivity contribution is -0.141. The van der Waals surface area contributed by atoms with E-state index >= 15 is 0 Å². The number of nitrogens with one attached hydrogen (secondary N) is 1. The van der Waals surface area contributed by atoms with Gasteiger partial charge in [-0.2, -0.15) is 18.4 Å². The number of nitrogens with zero attached hydrogens (tertiary/aromatic N) is 2. The quantitative estimate of drug-likeness (QED) is 0.892. The Bertz CT molecular complexity index is 505. The molecule has 1 aromatic rings. The summed E-state index contributed by atoms with van der Waals surface area (Å²) < 4.78 is 37.9. The van der Waals surface area contributed by atoms with Crippen molar-refractivity contribution in [2.45, 2.75) is 38.4 Å². The number of anilines is 1. The molecule has 2 unspecified atom stereocenters. The molecule has 102 valence electrons. The van der Waals surface area contributed by atoms with Crippen LogP contribution in [0.15, 0.2) is 12.1 Å². The van der Waals surface area contributed by atoms with Crippen molar-refractivity contribution in [3.05, 3.63) is 23.4 Å². The molecule has 0 amide bonds. The molecule has 0 spiro atoms. The average molecular weight is 269 g/mol. The van der Waals surface area contributed by atoms with Crippen molar-refractivity contribution in [2.75, 3.05) is 5.32 Å². The Morgan fingerprint density at radius 1 is 1.37 bits per heavy atom. The first-order valence-corrected chi connectivity index (χ1v) is 6.16. The number of rotatable bonds is 2. The second kappa shape index (κ2) is 5.08. The molecule has 0 bridgehead atoms. The van der Waals surface area contributed by atoms with Crippen molar-refractivity contribution >= 4 is 5.82 Å². The molecule has 1 aliphatic rings. The summed E-state index contributed by atoms with van der Waals surface area (Å²) in [6.45, 7) is 2.05. The van der Waals surface area contributed by atoms with Crippen LogP contribution in [0.4, 0.5) is 19.0 Å². The van der Waals surface area contributed by atoms with Crippen LogP contribution in [0.5, 0.6) is 0 Å². The van der Waals surface area contributed by atoms with Crippen LogP contribution in [0.3, 0.4) is 0 Å². The van der Waals surface area contributed by atoms with E-state index in [1.165, 1.54) is 0 Å². The molecular weight excluding hydrogens is 255 g/mol. The minimum atomic E-state index is -4.49. The fourth-order valence-corrected chi connectivity index (χ4v) is 2.35. The fourth-order valence-electron chi connectivity index (χ4n) is 2.35. The topological polar surface area (TPSA) is 48.7 Å². The minimum absolute atomic E-state index is 0.0380. The number of alkyl halides is 3. The van der Waals surface area contributed by atoms with E-state index in [-0.39, 0.29) is 17.4 Å². The number of hydrogen-bond donors (Lipinski definition) is 1. The third kappa shape index (κ3) is 2.98. The number of aromatic nitrogens is 1. The molecule has 6 heteroatoms. The molecule has 1 fully saturated rings.